The molecule has 0 aromatic heterocycles. The first-order valence-electron chi connectivity index (χ1n) is 9.42. The first kappa shape index (κ1) is 16.8. The Labute approximate surface area is 141 Å². The molecule has 1 heterocycles. The molecule has 2 atom stereocenters. The molecule has 0 spiro atoms. The van der Waals surface area contributed by atoms with Crippen molar-refractivity contribution in [3.63, 3.8) is 0 Å². The number of hydrogen-bond donors (Lipinski definition) is 0. The van der Waals surface area contributed by atoms with E-state index in [0.717, 1.165) is 30.9 Å². The zero-order valence-electron chi connectivity index (χ0n) is 14.8. The second-order valence-corrected chi connectivity index (χ2v) is 7.31. The van der Waals surface area contributed by atoms with Crippen LogP contribution in [0.2, 0.25) is 0 Å². The Balaban J connectivity index is 1.45. The van der Waals surface area contributed by atoms with E-state index in [1.54, 1.807) is 0 Å². The van der Waals surface area contributed by atoms with Crippen molar-refractivity contribution >= 4 is 0 Å². The molecule has 1 saturated carbocycles. The van der Waals surface area contributed by atoms with Crippen LogP contribution in [0.5, 0.6) is 5.75 Å². The molecule has 3 nitrogen and oxygen atoms in total. The van der Waals surface area contributed by atoms with Gasteiger partial charge in [-0.25, -0.2) is 0 Å². The fourth-order valence-corrected chi connectivity index (χ4v) is 4.14. The van der Waals surface area contributed by atoms with Gasteiger partial charge < -0.3 is 4.74 Å². The minimum Gasteiger partial charge on any atom is -0.494 e. The highest BCUT2D eigenvalue weighted by atomic mass is 16.5. The summed E-state index contributed by atoms with van der Waals surface area (Å²) in [6.07, 6.45) is 5.70. The molecule has 1 saturated heterocycles. The van der Waals surface area contributed by atoms with Crippen LogP contribution in [-0.4, -0.2) is 48.6 Å². The van der Waals surface area contributed by atoms with Gasteiger partial charge in [0.05, 0.1) is 6.61 Å². The summed E-state index contributed by atoms with van der Waals surface area (Å²) in [6, 6.07) is 9.46. The second kappa shape index (κ2) is 8.16. The summed E-state index contributed by atoms with van der Waals surface area (Å²) in [5.41, 5.74) is 1.40. The summed E-state index contributed by atoms with van der Waals surface area (Å²) in [5, 5.41) is 0. The van der Waals surface area contributed by atoms with Crippen LogP contribution < -0.4 is 4.74 Å². The smallest absolute Gasteiger partial charge is 0.119 e. The lowest BCUT2D eigenvalue weighted by Gasteiger charge is -2.42. The molecule has 0 bridgehead atoms. The van der Waals surface area contributed by atoms with Gasteiger partial charge in [-0.3, -0.25) is 9.80 Å². The summed E-state index contributed by atoms with van der Waals surface area (Å²) < 4.78 is 5.52. The number of piperazine rings is 1. The van der Waals surface area contributed by atoms with Crippen molar-refractivity contribution in [1.29, 1.82) is 0 Å². The summed E-state index contributed by atoms with van der Waals surface area (Å²) in [5.74, 6) is 1.91. The van der Waals surface area contributed by atoms with Gasteiger partial charge in [-0.05, 0) is 43.4 Å². The second-order valence-electron chi connectivity index (χ2n) is 7.31. The lowest BCUT2D eigenvalue weighted by molar-refractivity contribution is 0.0659. The highest BCUT2D eigenvalue weighted by Crippen LogP contribution is 2.28. The van der Waals surface area contributed by atoms with E-state index in [1.165, 1.54) is 57.4 Å². The summed E-state index contributed by atoms with van der Waals surface area (Å²) in [4.78, 5) is 5.35. The molecule has 3 heteroatoms. The highest BCUT2D eigenvalue weighted by Gasteiger charge is 2.27. The Morgan fingerprint density at radius 1 is 1.04 bits per heavy atom. The standard InChI is InChI=1S/C20H32N2O/c1-3-23-20-9-7-18(8-10-20)16-21-11-13-22(14-12-21)19-6-4-5-17(2)15-19/h7-10,17,19H,3-6,11-16H2,1-2H3/t17-,19-/m0/s1. The third-order valence-electron chi connectivity index (χ3n) is 5.47. The van der Waals surface area contributed by atoms with Gasteiger partial charge in [-0.15, -0.1) is 0 Å². The molecular formula is C20H32N2O. The van der Waals surface area contributed by atoms with E-state index in [0.29, 0.717) is 0 Å². The maximum atomic E-state index is 5.52. The molecule has 3 rings (SSSR count). The van der Waals surface area contributed by atoms with Crippen LogP contribution in [0.3, 0.4) is 0 Å². The third kappa shape index (κ3) is 4.71. The monoisotopic (exact) mass is 316 g/mol. The number of benzene rings is 1. The number of hydrogen-bond acceptors (Lipinski definition) is 3. The maximum Gasteiger partial charge on any atom is 0.119 e. The molecule has 0 N–H and O–H groups in total. The summed E-state index contributed by atoms with van der Waals surface area (Å²) in [6.45, 7) is 11.2. The zero-order valence-corrected chi connectivity index (χ0v) is 14.8. The van der Waals surface area contributed by atoms with Crippen LogP contribution >= 0.6 is 0 Å². The minimum absolute atomic E-state index is 0.737. The average molecular weight is 316 g/mol. The van der Waals surface area contributed by atoms with Gasteiger partial charge in [-0.2, -0.15) is 0 Å². The third-order valence-corrected chi connectivity index (χ3v) is 5.47. The number of rotatable bonds is 5. The quantitative estimate of drug-likeness (QED) is 0.822. The van der Waals surface area contributed by atoms with E-state index in [1.807, 2.05) is 6.92 Å². The largest absolute Gasteiger partial charge is 0.494 e. The van der Waals surface area contributed by atoms with Crippen molar-refractivity contribution in [1.82, 2.24) is 9.80 Å². The molecule has 128 valence electrons. The van der Waals surface area contributed by atoms with Crippen LogP contribution in [0.4, 0.5) is 0 Å². The predicted molar refractivity (Wildman–Crippen MR) is 95.9 cm³/mol. The SMILES string of the molecule is CCOc1ccc(CN2CCN([C@H]3CCC[C@H](C)C3)CC2)cc1. The van der Waals surface area contributed by atoms with E-state index in [2.05, 4.69) is 41.0 Å². The number of ether oxygens (including phenoxy) is 1. The van der Waals surface area contributed by atoms with Crippen molar-refractivity contribution in [2.75, 3.05) is 32.8 Å². The molecule has 1 aliphatic carbocycles. The molecule has 23 heavy (non-hydrogen) atoms. The zero-order chi connectivity index (χ0) is 16.1. The molecule has 1 aliphatic heterocycles. The molecule has 0 radical (unpaired) electrons. The van der Waals surface area contributed by atoms with Crippen LogP contribution in [0.15, 0.2) is 24.3 Å². The maximum absolute atomic E-state index is 5.52. The minimum atomic E-state index is 0.737. The molecular weight excluding hydrogens is 284 g/mol. The summed E-state index contributed by atoms with van der Waals surface area (Å²) >= 11 is 0. The molecule has 0 unspecified atom stereocenters. The fraction of sp³-hybridized carbons (Fsp3) is 0.700. The van der Waals surface area contributed by atoms with Crippen LogP contribution in [-0.2, 0) is 6.54 Å². The van der Waals surface area contributed by atoms with Crippen molar-refractivity contribution < 1.29 is 4.74 Å². The first-order chi connectivity index (χ1) is 11.2. The topological polar surface area (TPSA) is 15.7 Å². The van der Waals surface area contributed by atoms with Crippen molar-refractivity contribution in [2.24, 2.45) is 5.92 Å². The van der Waals surface area contributed by atoms with Gasteiger partial charge in [0, 0.05) is 38.8 Å². The van der Waals surface area contributed by atoms with Gasteiger partial charge in [-0.1, -0.05) is 31.9 Å². The summed E-state index contributed by atoms with van der Waals surface area (Å²) in [7, 11) is 0. The normalized spacial score (nSPS) is 27.0. The fourth-order valence-electron chi connectivity index (χ4n) is 4.14. The lowest BCUT2D eigenvalue weighted by Crippen LogP contribution is -2.50. The van der Waals surface area contributed by atoms with E-state index >= 15 is 0 Å². The Morgan fingerprint density at radius 2 is 1.78 bits per heavy atom. The molecule has 1 aromatic rings. The van der Waals surface area contributed by atoms with Crippen molar-refractivity contribution in [3.05, 3.63) is 29.8 Å². The van der Waals surface area contributed by atoms with Crippen molar-refractivity contribution in [3.8, 4) is 5.75 Å². The van der Waals surface area contributed by atoms with E-state index < -0.39 is 0 Å². The first-order valence-corrected chi connectivity index (χ1v) is 9.42. The van der Waals surface area contributed by atoms with Crippen LogP contribution in [0, 0.1) is 5.92 Å². The Morgan fingerprint density at radius 3 is 2.43 bits per heavy atom. The van der Waals surface area contributed by atoms with E-state index in [4.69, 9.17) is 4.74 Å². The van der Waals surface area contributed by atoms with Crippen molar-refractivity contribution in [2.45, 2.75) is 52.1 Å². The molecule has 0 amide bonds. The van der Waals surface area contributed by atoms with Gasteiger partial charge in [0.25, 0.3) is 0 Å². The van der Waals surface area contributed by atoms with Crippen LogP contribution in [0.1, 0.15) is 45.1 Å². The van der Waals surface area contributed by atoms with E-state index in [9.17, 15) is 0 Å². The highest BCUT2D eigenvalue weighted by molar-refractivity contribution is 5.27. The van der Waals surface area contributed by atoms with Gasteiger partial charge in [0.2, 0.25) is 0 Å². The Kier molecular flexibility index (Phi) is 5.96. The van der Waals surface area contributed by atoms with Crippen LogP contribution in [0.25, 0.3) is 0 Å². The predicted octanol–water partition coefficient (Wildman–Crippen LogP) is 3.78. The average Bonchev–Trinajstić information content (AvgIpc) is 2.58. The Bertz CT molecular complexity index is 465. The van der Waals surface area contributed by atoms with Gasteiger partial charge >= 0.3 is 0 Å². The molecule has 2 aliphatic rings. The van der Waals surface area contributed by atoms with E-state index in [-0.39, 0.29) is 0 Å². The lowest BCUT2D eigenvalue weighted by atomic mass is 9.86. The van der Waals surface area contributed by atoms with Gasteiger partial charge in [0.15, 0.2) is 0 Å². The van der Waals surface area contributed by atoms with Gasteiger partial charge in [0.1, 0.15) is 5.75 Å². The Hall–Kier alpha value is -1.06. The molecule has 2 fully saturated rings. The molecule has 1 aromatic carbocycles. The number of nitrogens with zero attached hydrogens (tertiary/aromatic N) is 2.